The lowest BCUT2D eigenvalue weighted by atomic mass is 10.1. The maximum atomic E-state index is 12.1. The van der Waals surface area contributed by atoms with Gasteiger partial charge in [-0.25, -0.2) is 9.79 Å². The summed E-state index contributed by atoms with van der Waals surface area (Å²) in [7, 11) is 0. The number of aryl methyl sites for hydroxylation is 1. The van der Waals surface area contributed by atoms with Gasteiger partial charge in [-0.1, -0.05) is 30.3 Å². The van der Waals surface area contributed by atoms with E-state index in [0.29, 0.717) is 11.1 Å². The van der Waals surface area contributed by atoms with Gasteiger partial charge in [0.1, 0.15) is 0 Å². The lowest BCUT2D eigenvalue weighted by Gasteiger charge is -2.04. The summed E-state index contributed by atoms with van der Waals surface area (Å²) < 4.78 is 5.21. The number of carbonyl (C=O) groups excluding carboxylic acids is 1. The summed E-state index contributed by atoms with van der Waals surface area (Å²) in [5.41, 5.74) is 2.85. The molecule has 0 bridgehead atoms. The Morgan fingerprint density at radius 3 is 2.58 bits per heavy atom. The van der Waals surface area contributed by atoms with Crippen LogP contribution in [0.25, 0.3) is 6.08 Å². The first-order valence-corrected chi connectivity index (χ1v) is 7.30. The molecule has 0 fully saturated rings. The minimum atomic E-state index is -0.570. The minimum Gasteiger partial charge on any atom is -0.402 e. The zero-order valence-electron chi connectivity index (χ0n) is 13.1. The highest BCUT2D eigenvalue weighted by Crippen LogP contribution is 2.26. The number of ether oxygens (including phenoxy) is 1. The molecule has 0 amide bonds. The van der Waals surface area contributed by atoms with Crippen LogP contribution in [0.5, 0.6) is 0 Å². The van der Waals surface area contributed by atoms with Gasteiger partial charge in [0.2, 0.25) is 5.90 Å². The number of nitro groups is 1. The lowest BCUT2D eigenvalue weighted by molar-refractivity contribution is -0.385. The van der Waals surface area contributed by atoms with Crippen molar-refractivity contribution in [2.24, 2.45) is 4.99 Å². The fourth-order valence-corrected chi connectivity index (χ4v) is 2.47. The Hall–Kier alpha value is -3.28. The van der Waals surface area contributed by atoms with Crippen molar-refractivity contribution in [2.45, 2.75) is 13.8 Å². The number of carbonyl (C=O) groups is 1. The summed E-state index contributed by atoms with van der Waals surface area (Å²) in [4.78, 5) is 26.9. The van der Waals surface area contributed by atoms with Gasteiger partial charge in [0.15, 0.2) is 5.70 Å². The van der Waals surface area contributed by atoms with E-state index < -0.39 is 10.9 Å². The number of rotatable bonds is 3. The van der Waals surface area contributed by atoms with Crippen LogP contribution in [0.3, 0.4) is 0 Å². The van der Waals surface area contributed by atoms with Crippen LogP contribution in [0.15, 0.2) is 53.2 Å². The topological polar surface area (TPSA) is 81.8 Å². The van der Waals surface area contributed by atoms with Crippen LogP contribution in [0.4, 0.5) is 5.69 Å². The molecule has 0 saturated carbocycles. The van der Waals surface area contributed by atoms with E-state index in [2.05, 4.69) is 4.99 Å². The van der Waals surface area contributed by atoms with Gasteiger partial charge in [-0.3, -0.25) is 10.1 Å². The van der Waals surface area contributed by atoms with Crippen LogP contribution < -0.4 is 0 Å². The molecule has 24 heavy (non-hydrogen) atoms. The fourth-order valence-electron chi connectivity index (χ4n) is 2.47. The zero-order valence-corrected chi connectivity index (χ0v) is 13.1. The molecule has 0 aliphatic carbocycles. The number of nitrogens with zero attached hydrogens (tertiary/aromatic N) is 2. The summed E-state index contributed by atoms with van der Waals surface area (Å²) in [5, 5.41) is 11.0. The third kappa shape index (κ3) is 2.81. The normalized spacial score (nSPS) is 15.3. The first-order chi connectivity index (χ1) is 11.5. The van der Waals surface area contributed by atoms with Gasteiger partial charge >= 0.3 is 5.97 Å². The molecule has 120 valence electrons. The van der Waals surface area contributed by atoms with Gasteiger partial charge in [-0.15, -0.1) is 0 Å². The molecule has 6 heteroatoms. The Morgan fingerprint density at radius 1 is 1.12 bits per heavy atom. The SMILES string of the molecule is Cc1ccccc1/C=C1\N=C(c2cccc([N+](=O)[O-])c2C)OC1=O. The van der Waals surface area contributed by atoms with Crippen LogP contribution >= 0.6 is 0 Å². The third-order valence-corrected chi connectivity index (χ3v) is 3.83. The van der Waals surface area contributed by atoms with Gasteiger partial charge in [0.25, 0.3) is 5.69 Å². The standard InChI is InChI=1S/C18H14N2O4/c1-11-6-3-4-7-13(11)10-15-18(21)24-17(19-15)14-8-5-9-16(12(14)2)20(22)23/h3-10H,1-2H3/b15-10-. The molecule has 0 N–H and O–H groups in total. The second-order valence-electron chi connectivity index (χ2n) is 5.40. The Kier molecular flexibility index (Phi) is 3.95. The van der Waals surface area contributed by atoms with Crippen LogP contribution in [-0.4, -0.2) is 16.8 Å². The fraction of sp³-hybridized carbons (Fsp3) is 0.111. The largest absolute Gasteiger partial charge is 0.402 e. The van der Waals surface area contributed by atoms with Crippen LogP contribution in [-0.2, 0) is 9.53 Å². The van der Waals surface area contributed by atoms with Gasteiger partial charge < -0.3 is 4.74 Å². The van der Waals surface area contributed by atoms with E-state index in [1.54, 1.807) is 25.1 Å². The molecule has 0 aromatic heterocycles. The molecular formula is C18H14N2O4. The molecule has 0 saturated heterocycles. The summed E-state index contributed by atoms with van der Waals surface area (Å²) in [6.07, 6.45) is 1.65. The minimum absolute atomic E-state index is 0.0393. The molecule has 1 aliphatic heterocycles. The predicted octanol–water partition coefficient (Wildman–Crippen LogP) is 3.56. The van der Waals surface area contributed by atoms with E-state index in [4.69, 9.17) is 4.74 Å². The number of hydrogen-bond donors (Lipinski definition) is 0. The molecule has 1 aliphatic rings. The first kappa shape index (κ1) is 15.6. The van der Waals surface area contributed by atoms with Gasteiger partial charge in [-0.05, 0) is 37.1 Å². The molecule has 3 rings (SSSR count). The quantitative estimate of drug-likeness (QED) is 0.374. The predicted molar refractivity (Wildman–Crippen MR) is 89.6 cm³/mol. The van der Waals surface area contributed by atoms with Crippen LogP contribution in [0, 0.1) is 24.0 Å². The van der Waals surface area contributed by atoms with Crippen molar-refractivity contribution < 1.29 is 14.5 Å². The number of aliphatic imine (C=N–C) groups is 1. The van der Waals surface area contributed by atoms with E-state index >= 15 is 0 Å². The lowest BCUT2D eigenvalue weighted by Crippen LogP contribution is -2.08. The highest BCUT2D eigenvalue weighted by Gasteiger charge is 2.27. The average Bonchev–Trinajstić information content (AvgIpc) is 2.90. The number of esters is 1. The average molecular weight is 322 g/mol. The maximum absolute atomic E-state index is 12.1. The second kappa shape index (κ2) is 6.08. The third-order valence-electron chi connectivity index (χ3n) is 3.83. The summed E-state index contributed by atoms with van der Waals surface area (Å²) in [5.74, 6) is -0.486. The van der Waals surface area contributed by atoms with Crippen LogP contribution in [0.1, 0.15) is 22.3 Å². The zero-order chi connectivity index (χ0) is 17.3. The van der Waals surface area contributed by atoms with E-state index in [9.17, 15) is 14.9 Å². The Balaban J connectivity index is 2.03. The number of benzene rings is 2. The molecule has 6 nitrogen and oxygen atoms in total. The number of hydrogen-bond acceptors (Lipinski definition) is 5. The van der Waals surface area contributed by atoms with E-state index in [1.807, 2.05) is 31.2 Å². The van der Waals surface area contributed by atoms with Crippen molar-refractivity contribution in [1.82, 2.24) is 0 Å². The highest BCUT2D eigenvalue weighted by molar-refractivity contribution is 6.13. The molecule has 0 spiro atoms. The first-order valence-electron chi connectivity index (χ1n) is 7.30. The van der Waals surface area contributed by atoms with E-state index in [0.717, 1.165) is 11.1 Å². The molecule has 0 atom stereocenters. The molecule has 0 unspecified atom stereocenters. The van der Waals surface area contributed by atoms with E-state index in [-0.39, 0.29) is 17.3 Å². The Morgan fingerprint density at radius 2 is 1.88 bits per heavy atom. The maximum Gasteiger partial charge on any atom is 0.363 e. The summed E-state index contributed by atoms with van der Waals surface area (Å²) >= 11 is 0. The smallest absolute Gasteiger partial charge is 0.363 e. The molecule has 2 aromatic carbocycles. The molecule has 0 radical (unpaired) electrons. The van der Waals surface area contributed by atoms with Gasteiger partial charge in [-0.2, -0.15) is 0 Å². The van der Waals surface area contributed by atoms with Crippen molar-refractivity contribution in [2.75, 3.05) is 0 Å². The summed E-state index contributed by atoms with van der Waals surface area (Å²) in [6, 6.07) is 12.2. The van der Waals surface area contributed by atoms with Crippen molar-refractivity contribution in [3.05, 3.63) is 80.5 Å². The molecule has 1 heterocycles. The Bertz CT molecular complexity index is 913. The Labute approximate surface area is 138 Å². The van der Waals surface area contributed by atoms with Crippen molar-refractivity contribution >= 4 is 23.6 Å². The van der Waals surface area contributed by atoms with Gasteiger partial charge in [0.05, 0.1) is 4.92 Å². The van der Waals surface area contributed by atoms with Crippen molar-refractivity contribution in [3.8, 4) is 0 Å². The monoisotopic (exact) mass is 322 g/mol. The number of nitro benzene ring substituents is 1. The summed E-state index contributed by atoms with van der Waals surface area (Å²) in [6.45, 7) is 3.54. The van der Waals surface area contributed by atoms with Crippen LogP contribution in [0.2, 0.25) is 0 Å². The van der Waals surface area contributed by atoms with Crippen molar-refractivity contribution in [1.29, 1.82) is 0 Å². The molecule has 2 aromatic rings. The molecular weight excluding hydrogens is 308 g/mol. The van der Waals surface area contributed by atoms with Gasteiger partial charge in [0, 0.05) is 17.2 Å². The van der Waals surface area contributed by atoms with Crippen molar-refractivity contribution in [3.63, 3.8) is 0 Å². The highest BCUT2D eigenvalue weighted by atomic mass is 16.6. The number of cyclic esters (lactones) is 1. The second-order valence-corrected chi connectivity index (χ2v) is 5.40. The van der Waals surface area contributed by atoms with E-state index in [1.165, 1.54) is 6.07 Å².